The average Bonchev–Trinajstić information content (AvgIpc) is 2.53. The summed E-state index contributed by atoms with van der Waals surface area (Å²) in [6.07, 6.45) is 2.79. The van der Waals surface area contributed by atoms with Gasteiger partial charge in [0.15, 0.2) is 0 Å². The zero-order valence-corrected chi connectivity index (χ0v) is 13.4. The molecule has 1 aromatic carbocycles. The summed E-state index contributed by atoms with van der Waals surface area (Å²) in [5.41, 5.74) is 2.25. The topological polar surface area (TPSA) is 66.9 Å². The third-order valence-corrected chi connectivity index (χ3v) is 5.28. The lowest BCUT2D eigenvalue weighted by Crippen LogP contribution is -2.41. The number of anilines is 1. The van der Waals surface area contributed by atoms with Gasteiger partial charge in [0.1, 0.15) is 0 Å². The van der Waals surface area contributed by atoms with Crippen LogP contribution in [0.25, 0.3) is 0 Å². The summed E-state index contributed by atoms with van der Waals surface area (Å²) in [4.78, 5) is 14.3. The van der Waals surface area contributed by atoms with E-state index in [9.17, 15) is 13.2 Å². The third-order valence-electron chi connectivity index (χ3n) is 4.10. The van der Waals surface area contributed by atoms with E-state index in [4.69, 9.17) is 4.74 Å². The monoisotopic (exact) mass is 324 g/mol. The van der Waals surface area contributed by atoms with Crippen LogP contribution in [0.2, 0.25) is 0 Å². The maximum absolute atomic E-state index is 12.5. The third kappa shape index (κ3) is 2.96. The molecular weight excluding hydrogens is 304 g/mol. The predicted molar refractivity (Wildman–Crippen MR) is 83.7 cm³/mol. The number of aryl methyl sites for hydroxylation is 1. The Labute approximate surface area is 130 Å². The van der Waals surface area contributed by atoms with Crippen LogP contribution in [0.3, 0.4) is 0 Å². The highest BCUT2D eigenvalue weighted by Crippen LogP contribution is 2.30. The molecule has 6 nitrogen and oxygen atoms in total. The summed E-state index contributed by atoms with van der Waals surface area (Å²) in [6.45, 7) is 2.84. The first-order chi connectivity index (χ1) is 10.5. The van der Waals surface area contributed by atoms with Crippen LogP contribution >= 0.6 is 0 Å². The maximum atomic E-state index is 12.5. The number of nitrogens with zero attached hydrogens (tertiary/aromatic N) is 2. The van der Waals surface area contributed by atoms with E-state index in [0.29, 0.717) is 44.1 Å². The normalized spacial score (nSPS) is 19.0. The number of carbonyl (C=O) groups is 1. The molecular formula is C15H20N2O4S. The van der Waals surface area contributed by atoms with Gasteiger partial charge in [-0.15, -0.1) is 0 Å². The predicted octanol–water partition coefficient (Wildman–Crippen LogP) is 0.871. The molecule has 7 heteroatoms. The quantitative estimate of drug-likeness (QED) is 0.810. The molecule has 2 aliphatic rings. The van der Waals surface area contributed by atoms with Gasteiger partial charge in [0.2, 0.25) is 10.0 Å². The molecule has 0 atom stereocenters. The van der Waals surface area contributed by atoms with E-state index in [1.165, 1.54) is 10.6 Å². The molecule has 0 N–H and O–H groups in total. The molecule has 1 amide bonds. The van der Waals surface area contributed by atoms with Crippen LogP contribution in [0.1, 0.15) is 22.3 Å². The van der Waals surface area contributed by atoms with Gasteiger partial charge in [-0.25, -0.2) is 8.42 Å². The van der Waals surface area contributed by atoms with E-state index in [2.05, 4.69) is 0 Å². The van der Waals surface area contributed by atoms with E-state index >= 15 is 0 Å². The second kappa shape index (κ2) is 5.89. The SMILES string of the molecule is CS(=O)(=O)N1CCCc2cc(C(=O)N3CCOCC3)ccc21. The first-order valence-corrected chi connectivity index (χ1v) is 9.29. The number of hydrogen-bond donors (Lipinski definition) is 0. The molecule has 0 unspecified atom stereocenters. The summed E-state index contributed by atoms with van der Waals surface area (Å²) in [7, 11) is -3.27. The number of hydrogen-bond acceptors (Lipinski definition) is 4. The Hall–Kier alpha value is -1.60. The number of morpholine rings is 1. The summed E-state index contributed by atoms with van der Waals surface area (Å²) in [6, 6.07) is 5.31. The number of amides is 1. The highest BCUT2D eigenvalue weighted by molar-refractivity contribution is 7.92. The number of benzene rings is 1. The Kier molecular flexibility index (Phi) is 4.10. The van der Waals surface area contributed by atoms with Crippen LogP contribution in [0.5, 0.6) is 0 Å². The molecule has 1 aromatic rings. The highest BCUT2D eigenvalue weighted by atomic mass is 32.2. The van der Waals surface area contributed by atoms with Crippen LogP contribution in [-0.4, -0.2) is 58.3 Å². The van der Waals surface area contributed by atoms with Crippen molar-refractivity contribution in [1.82, 2.24) is 4.90 Å². The smallest absolute Gasteiger partial charge is 0.254 e. The van der Waals surface area contributed by atoms with Crippen molar-refractivity contribution in [2.45, 2.75) is 12.8 Å². The first kappa shape index (κ1) is 15.3. The molecule has 1 saturated heterocycles. The van der Waals surface area contributed by atoms with Crippen molar-refractivity contribution >= 4 is 21.6 Å². The highest BCUT2D eigenvalue weighted by Gasteiger charge is 2.26. The van der Waals surface area contributed by atoms with Crippen molar-refractivity contribution in [2.24, 2.45) is 0 Å². The lowest BCUT2D eigenvalue weighted by atomic mass is 10.00. The van der Waals surface area contributed by atoms with Gasteiger partial charge < -0.3 is 9.64 Å². The van der Waals surface area contributed by atoms with Gasteiger partial charge in [-0.3, -0.25) is 9.10 Å². The molecule has 0 aliphatic carbocycles. The molecule has 0 spiro atoms. The van der Waals surface area contributed by atoms with E-state index in [1.54, 1.807) is 17.0 Å². The maximum Gasteiger partial charge on any atom is 0.254 e. The summed E-state index contributed by atoms with van der Waals surface area (Å²) in [5.74, 6) is -0.0115. The number of sulfonamides is 1. The van der Waals surface area contributed by atoms with Crippen LogP contribution in [-0.2, 0) is 21.2 Å². The average molecular weight is 324 g/mol. The largest absolute Gasteiger partial charge is 0.378 e. The Balaban J connectivity index is 1.89. The van der Waals surface area contributed by atoms with Gasteiger partial charge in [0.25, 0.3) is 5.91 Å². The van der Waals surface area contributed by atoms with Crippen LogP contribution in [0.15, 0.2) is 18.2 Å². The number of carbonyl (C=O) groups excluding carboxylic acids is 1. The van der Waals surface area contributed by atoms with Crippen molar-refractivity contribution in [1.29, 1.82) is 0 Å². The summed E-state index contributed by atoms with van der Waals surface area (Å²) in [5, 5.41) is 0. The molecule has 0 aromatic heterocycles. The molecule has 2 aliphatic heterocycles. The van der Waals surface area contributed by atoms with Gasteiger partial charge in [-0.1, -0.05) is 0 Å². The van der Waals surface area contributed by atoms with E-state index < -0.39 is 10.0 Å². The second-order valence-corrected chi connectivity index (χ2v) is 7.59. The summed E-state index contributed by atoms with van der Waals surface area (Å²) < 4.78 is 30.4. The first-order valence-electron chi connectivity index (χ1n) is 7.44. The van der Waals surface area contributed by atoms with Crippen LogP contribution in [0, 0.1) is 0 Å². The second-order valence-electron chi connectivity index (χ2n) is 5.69. The lowest BCUT2D eigenvalue weighted by Gasteiger charge is -2.30. The fourth-order valence-corrected chi connectivity index (χ4v) is 3.99. The molecule has 0 saturated carbocycles. The molecule has 3 rings (SSSR count). The Morgan fingerprint density at radius 3 is 2.59 bits per heavy atom. The Morgan fingerprint density at radius 2 is 1.91 bits per heavy atom. The standard InChI is InChI=1S/C15H20N2O4S/c1-22(19,20)17-6-2-3-12-11-13(4-5-14(12)17)15(18)16-7-9-21-10-8-16/h4-5,11H,2-3,6-10H2,1H3. The Morgan fingerprint density at radius 1 is 1.18 bits per heavy atom. The van der Waals surface area contributed by atoms with Crippen LogP contribution in [0.4, 0.5) is 5.69 Å². The minimum atomic E-state index is -3.27. The summed E-state index contributed by atoms with van der Waals surface area (Å²) >= 11 is 0. The number of ether oxygens (including phenoxy) is 1. The van der Waals surface area contributed by atoms with Gasteiger partial charge >= 0.3 is 0 Å². The van der Waals surface area contributed by atoms with Crippen molar-refractivity contribution < 1.29 is 17.9 Å². The van der Waals surface area contributed by atoms with Crippen molar-refractivity contribution in [2.75, 3.05) is 43.4 Å². The molecule has 0 radical (unpaired) electrons. The van der Waals surface area contributed by atoms with Crippen molar-refractivity contribution in [3.05, 3.63) is 29.3 Å². The van der Waals surface area contributed by atoms with E-state index in [1.807, 2.05) is 6.07 Å². The molecule has 22 heavy (non-hydrogen) atoms. The van der Waals surface area contributed by atoms with Gasteiger partial charge in [-0.2, -0.15) is 0 Å². The number of rotatable bonds is 2. The van der Waals surface area contributed by atoms with Crippen molar-refractivity contribution in [3.8, 4) is 0 Å². The molecule has 0 bridgehead atoms. The van der Waals surface area contributed by atoms with Crippen LogP contribution < -0.4 is 4.31 Å². The zero-order chi connectivity index (χ0) is 15.7. The fraction of sp³-hybridized carbons (Fsp3) is 0.533. The minimum absolute atomic E-state index is 0.0115. The fourth-order valence-electron chi connectivity index (χ4n) is 2.99. The zero-order valence-electron chi connectivity index (χ0n) is 12.6. The van der Waals surface area contributed by atoms with Crippen molar-refractivity contribution in [3.63, 3.8) is 0 Å². The molecule has 120 valence electrons. The van der Waals surface area contributed by atoms with Gasteiger partial charge in [0, 0.05) is 25.2 Å². The molecule has 2 heterocycles. The van der Waals surface area contributed by atoms with E-state index in [-0.39, 0.29) is 5.91 Å². The number of fused-ring (bicyclic) bond motifs is 1. The molecule has 1 fully saturated rings. The minimum Gasteiger partial charge on any atom is -0.378 e. The lowest BCUT2D eigenvalue weighted by molar-refractivity contribution is 0.0303. The Bertz CT molecular complexity index is 681. The van der Waals surface area contributed by atoms with Gasteiger partial charge in [-0.05, 0) is 36.6 Å². The van der Waals surface area contributed by atoms with E-state index in [0.717, 1.165) is 18.4 Å². The van der Waals surface area contributed by atoms with Gasteiger partial charge in [0.05, 0.1) is 25.2 Å².